The van der Waals surface area contributed by atoms with Gasteiger partial charge in [-0.05, 0) is 0 Å². The molecule has 0 heterocycles. The van der Waals surface area contributed by atoms with Crippen LogP contribution < -0.4 is 0 Å². The van der Waals surface area contributed by atoms with E-state index in [9.17, 15) is 0 Å². The molecule has 0 amide bonds. The molecule has 0 saturated carbocycles. The van der Waals surface area contributed by atoms with Crippen molar-refractivity contribution in [2.24, 2.45) is 0 Å². The number of ether oxygens (including phenoxy) is 1. The Balaban J connectivity index is 4.10. The molecule has 0 aliphatic carbocycles. The minimum atomic E-state index is -1.76. The van der Waals surface area contributed by atoms with Gasteiger partial charge in [-0.2, -0.15) is 0 Å². The molecule has 0 aromatic heterocycles. The van der Waals surface area contributed by atoms with Crippen LogP contribution in [0.5, 0.6) is 0 Å². The normalized spacial score (nSPS) is 13.9. The van der Waals surface area contributed by atoms with E-state index < -0.39 is 18.4 Å². The summed E-state index contributed by atoms with van der Waals surface area (Å²) in [6.45, 7) is 0.836. The standard InChI is InChI=1S/C4H6IO.3CH3.Sn/c1-6-4-2-3-5;;;;/h3H,4H2,1H3;3*1H3;. The predicted octanol–water partition coefficient (Wildman–Crippen LogP) is 2.83. The Morgan fingerprint density at radius 2 is 2.00 bits per heavy atom. The van der Waals surface area contributed by atoms with Crippen LogP contribution in [0.25, 0.3) is 0 Å². The summed E-state index contributed by atoms with van der Waals surface area (Å²) in [5, 5.41) is 0. The Bertz CT molecular complexity index is 126. The molecule has 0 bridgehead atoms. The van der Waals surface area contributed by atoms with E-state index in [0.717, 1.165) is 6.61 Å². The Morgan fingerprint density at radius 1 is 1.50 bits per heavy atom. The van der Waals surface area contributed by atoms with Crippen LogP contribution in [0.3, 0.4) is 0 Å². The predicted molar refractivity (Wildman–Crippen MR) is 57.3 cm³/mol. The molecule has 0 unspecified atom stereocenters. The average Bonchev–Trinajstić information content (AvgIpc) is 1.80. The van der Waals surface area contributed by atoms with E-state index in [1.807, 2.05) is 0 Å². The Hall–Kier alpha value is 1.23. The fraction of sp³-hybridized carbons (Fsp3) is 0.714. The molecule has 0 fully saturated rings. The van der Waals surface area contributed by atoms with Crippen LogP contribution >= 0.6 is 22.6 Å². The molecule has 0 radical (unpaired) electrons. The average molecular weight is 361 g/mol. The zero-order valence-electron chi connectivity index (χ0n) is 7.07. The molecule has 0 atom stereocenters. The summed E-state index contributed by atoms with van der Waals surface area (Å²) in [7, 11) is 1.76. The summed E-state index contributed by atoms with van der Waals surface area (Å²) in [5.41, 5.74) is 0. The third-order valence-corrected chi connectivity index (χ3v) is 10.1. The summed E-state index contributed by atoms with van der Waals surface area (Å²) < 4.78 is 8.85. The first kappa shape index (κ1) is 11.2. The van der Waals surface area contributed by atoms with E-state index in [1.165, 1.54) is 0 Å². The van der Waals surface area contributed by atoms with E-state index in [0.29, 0.717) is 0 Å². The Kier molecular flexibility index (Phi) is 5.59. The minimum absolute atomic E-state index is 0.836. The van der Waals surface area contributed by atoms with E-state index in [4.69, 9.17) is 4.74 Å². The van der Waals surface area contributed by atoms with Gasteiger partial charge in [-0.3, -0.25) is 0 Å². The maximum absolute atomic E-state index is 5.10. The molecule has 0 aromatic carbocycles. The monoisotopic (exact) mass is 362 g/mol. The molecule has 0 aliphatic heterocycles. The number of halogens is 1. The van der Waals surface area contributed by atoms with Gasteiger partial charge in [0.2, 0.25) is 0 Å². The van der Waals surface area contributed by atoms with Crippen molar-refractivity contribution < 1.29 is 4.74 Å². The second kappa shape index (κ2) is 4.98. The zero-order chi connectivity index (χ0) is 8.20. The van der Waals surface area contributed by atoms with Gasteiger partial charge in [0, 0.05) is 0 Å². The fourth-order valence-corrected chi connectivity index (χ4v) is 9.60. The summed E-state index contributed by atoms with van der Waals surface area (Å²) in [5.74, 6) is 0. The van der Waals surface area contributed by atoms with Crippen molar-refractivity contribution in [1.29, 1.82) is 0 Å². The van der Waals surface area contributed by atoms with Gasteiger partial charge in [0.1, 0.15) is 0 Å². The van der Waals surface area contributed by atoms with Crippen molar-refractivity contribution in [1.82, 2.24) is 0 Å². The summed E-state index contributed by atoms with van der Waals surface area (Å²) >= 11 is 0.550. The fourth-order valence-electron chi connectivity index (χ4n) is 0.567. The van der Waals surface area contributed by atoms with Gasteiger partial charge in [-0.25, -0.2) is 0 Å². The van der Waals surface area contributed by atoms with Crippen LogP contribution in [0.15, 0.2) is 7.67 Å². The molecule has 10 heavy (non-hydrogen) atoms. The van der Waals surface area contributed by atoms with E-state index in [2.05, 4.69) is 41.5 Å². The van der Waals surface area contributed by atoms with Crippen LogP contribution in [0.2, 0.25) is 14.8 Å². The van der Waals surface area contributed by atoms with Crippen molar-refractivity contribution in [2.75, 3.05) is 13.7 Å². The van der Waals surface area contributed by atoms with Crippen LogP contribution in [0.4, 0.5) is 0 Å². The molecular weight excluding hydrogens is 346 g/mol. The van der Waals surface area contributed by atoms with Gasteiger partial charge in [0.05, 0.1) is 0 Å². The molecule has 0 saturated heterocycles. The number of rotatable bonds is 3. The van der Waals surface area contributed by atoms with Crippen LogP contribution in [-0.2, 0) is 4.74 Å². The topological polar surface area (TPSA) is 9.23 Å². The Morgan fingerprint density at radius 3 is 2.10 bits per heavy atom. The molecule has 0 aromatic rings. The van der Waals surface area contributed by atoms with Crippen LogP contribution in [-0.4, -0.2) is 32.1 Å². The van der Waals surface area contributed by atoms with Gasteiger partial charge in [-0.1, -0.05) is 0 Å². The van der Waals surface area contributed by atoms with Crippen molar-refractivity contribution in [3.63, 3.8) is 0 Å². The molecule has 0 rings (SSSR count). The molecule has 0 aliphatic rings. The van der Waals surface area contributed by atoms with E-state index in [1.54, 1.807) is 10.7 Å². The second-order valence-electron chi connectivity index (χ2n) is 3.32. The molecule has 1 nitrogen and oxygen atoms in total. The molecule has 0 spiro atoms. The summed E-state index contributed by atoms with van der Waals surface area (Å²) in [6.07, 6.45) is 0. The van der Waals surface area contributed by atoms with E-state index >= 15 is 0 Å². The first-order valence-corrected chi connectivity index (χ1v) is 14.5. The third kappa shape index (κ3) is 4.18. The molecule has 3 heteroatoms. The molecule has 0 N–H and O–H groups in total. The SMILES string of the molecule is COC/[C](=C/I)[Sn]([CH3])([CH3])[CH3]. The first-order chi connectivity index (χ1) is 4.52. The van der Waals surface area contributed by atoms with Crippen molar-refractivity contribution in [2.45, 2.75) is 14.8 Å². The van der Waals surface area contributed by atoms with Gasteiger partial charge in [0.15, 0.2) is 0 Å². The Labute approximate surface area is 81.2 Å². The van der Waals surface area contributed by atoms with Gasteiger partial charge in [0.25, 0.3) is 0 Å². The van der Waals surface area contributed by atoms with Gasteiger partial charge >= 0.3 is 81.9 Å². The maximum atomic E-state index is 5.10. The zero-order valence-corrected chi connectivity index (χ0v) is 12.1. The summed E-state index contributed by atoms with van der Waals surface area (Å²) in [6, 6.07) is 0. The molecular formula is C7H15IOSn. The van der Waals surface area contributed by atoms with Crippen molar-refractivity contribution in [3.05, 3.63) is 7.67 Å². The quantitative estimate of drug-likeness (QED) is 0.555. The molecule has 60 valence electrons. The van der Waals surface area contributed by atoms with E-state index in [-0.39, 0.29) is 0 Å². The number of hydrogen-bond donors (Lipinski definition) is 0. The summed E-state index contributed by atoms with van der Waals surface area (Å²) in [4.78, 5) is 7.20. The van der Waals surface area contributed by atoms with Crippen molar-refractivity contribution >= 4 is 41.0 Å². The van der Waals surface area contributed by atoms with Gasteiger partial charge < -0.3 is 0 Å². The number of hydrogen-bond acceptors (Lipinski definition) is 1. The van der Waals surface area contributed by atoms with Crippen molar-refractivity contribution in [3.8, 4) is 0 Å². The first-order valence-electron chi connectivity index (χ1n) is 3.31. The van der Waals surface area contributed by atoms with Crippen LogP contribution in [0, 0.1) is 0 Å². The third-order valence-electron chi connectivity index (χ3n) is 1.39. The second-order valence-corrected chi connectivity index (χ2v) is 18.6. The van der Waals surface area contributed by atoms with Gasteiger partial charge in [-0.15, -0.1) is 0 Å². The van der Waals surface area contributed by atoms with Crippen LogP contribution in [0.1, 0.15) is 0 Å². The number of methoxy groups -OCH3 is 1.